The first-order valence-corrected chi connectivity index (χ1v) is 17.7. The molecule has 1 aromatic heterocycles. The number of carbonyl (C=O) groups excluding carboxylic acids is 1. The Morgan fingerprint density at radius 2 is 1.90 bits per heavy atom. The van der Waals surface area contributed by atoms with Gasteiger partial charge in [0.2, 0.25) is 0 Å². The zero-order valence-corrected chi connectivity index (χ0v) is 27.4. The molecule has 1 aromatic rings. The zero-order chi connectivity index (χ0) is 31.1. The molecular formula is C27H44N5O7PSi. The summed E-state index contributed by atoms with van der Waals surface area (Å²) >= 11 is 0. The fourth-order valence-electron chi connectivity index (χ4n) is 4.10. The van der Waals surface area contributed by atoms with E-state index in [0.717, 1.165) is 0 Å². The number of aromatic amines is 1. The van der Waals surface area contributed by atoms with Gasteiger partial charge in [0.25, 0.3) is 20.0 Å². The van der Waals surface area contributed by atoms with Gasteiger partial charge < -0.3 is 23.5 Å². The van der Waals surface area contributed by atoms with Gasteiger partial charge in [-0.3, -0.25) is 19.1 Å². The molecule has 2 N–H and O–H groups in total. The summed E-state index contributed by atoms with van der Waals surface area (Å²) in [6.07, 6.45) is 2.55. The maximum atomic E-state index is 13.4. The number of amides is 1. The average molecular weight is 610 g/mol. The highest BCUT2D eigenvalue weighted by Crippen LogP contribution is 2.51. The smallest absolute Gasteiger partial charge is 0.330 e. The first-order chi connectivity index (χ1) is 19.0. The third-order valence-corrected chi connectivity index (χ3v) is 13.7. The number of terminal acetylenes is 1. The van der Waals surface area contributed by atoms with Crippen LogP contribution >= 0.6 is 8.53 Å². The summed E-state index contributed by atoms with van der Waals surface area (Å²) in [5.41, 5.74) is -1.28. The Bertz CT molecular complexity index is 1220. The van der Waals surface area contributed by atoms with Gasteiger partial charge in [-0.25, -0.2) is 9.46 Å². The van der Waals surface area contributed by atoms with Crippen LogP contribution in [0, 0.1) is 23.7 Å². The first kappa shape index (κ1) is 34.8. The lowest BCUT2D eigenvalue weighted by molar-refractivity contribution is -0.137. The Hall–Kier alpha value is -2.35. The molecule has 12 nitrogen and oxygen atoms in total. The highest BCUT2D eigenvalue weighted by molar-refractivity contribution is 7.44. The van der Waals surface area contributed by atoms with Crippen molar-refractivity contribution in [3.8, 4) is 18.4 Å². The van der Waals surface area contributed by atoms with Crippen LogP contribution in [0.4, 0.5) is 0 Å². The van der Waals surface area contributed by atoms with Crippen molar-refractivity contribution < 1.29 is 23.0 Å². The van der Waals surface area contributed by atoms with Gasteiger partial charge in [-0.05, 0) is 45.8 Å². The van der Waals surface area contributed by atoms with Crippen LogP contribution in [0.1, 0.15) is 61.1 Å². The van der Waals surface area contributed by atoms with E-state index in [1.807, 2.05) is 45.5 Å². The number of hydrogen-bond donors (Lipinski definition) is 2. The maximum absolute atomic E-state index is 13.4. The molecule has 228 valence electrons. The highest BCUT2D eigenvalue weighted by atomic mass is 31.2. The van der Waals surface area contributed by atoms with E-state index in [0.29, 0.717) is 0 Å². The van der Waals surface area contributed by atoms with Crippen LogP contribution < -0.4 is 16.6 Å². The quantitative estimate of drug-likeness (QED) is 0.149. The lowest BCUT2D eigenvalue weighted by Crippen LogP contribution is -2.51. The summed E-state index contributed by atoms with van der Waals surface area (Å²) in [6.45, 7) is 18.4. The van der Waals surface area contributed by atoms with E-state index in [4.69, 9.17) is 29.9 Å². The Balaban J connectivity index is 2.72. The lowest BCUT2D eigenvalue weighted by atomic mass is 10.1. The molecule has 14 heteroatoms. The van der Waals surface area contributed by atoms with Crippen LogP contribution in [-0.4, -0.2) is 72.0 Å². The number of nitrogens with zero attached hydrogens (tertiary/aromatic N) is 3. The summed E-state index contributed by atoms with van der Waals surface area (Å²) in [6, 6.07) is 3.27. The number of nitriles is 1. The number of nitrogens with one attached hydrogen (secondary N) is 2. The second-order valence-electron chi connectivity index (χ2n) is 11.8. The SMILES string of the molecule is C#CCNC(=O)[C@H]1O[C@@H](n2ccc(=O)[nH]c2=O)C(O[Si](C)(C)C(C)(C)C)C1OP(OCCC#N)N(C(C)C)C(C)C. The van der Waals surface area contributed by atoms with E-state index in [-0.39, 0.29) is 36.7 Å². The molecule has 0 spiro atoms. The predicted molar refractivity (Wildman–Crippen MR) is 159 cm³/mol. The van der Waals surface area contributed by atoms with Crippen LogP contribution in [0.2, 0.25) is 18.1 Å². The molecule has 0 saturated carbocycles. The van der Waals surface area contributed by atoms with Crippen molar-refractivity contribution in [2.45, 2.75) is 110 Å². The van der Waals surface area contributed by atoms with Crippen LogP contribution in [0.5, 0.6) is 0 Å². The molecular weight excluding hydrogens is 565 g/mol. The summed E-state index contributed by atoms with van der Waals surface area (Å²) in [7, 11) is -4.37. The summed E-state index contributed by atoms with van der Waals surface area (Å²) < 4.78 is 29.1. The van der Waals surface area contributed by atoms with Gasteiger partial charge in [-0.1, -0.05) is 26.7 Å². The Morgan fingerprint density at radius 1 is 1.27 bits per heavy atom. The second kappa shape index (κ2) is 14.7. The van der Waals surface area contributed by atoms with Crippen molar-refractivity contribution in [2.24, 2.45) is 0 Å². The van der Waals surface area contributed by atoms with E-state index < -0.39 is 58.5 Å². The minimum atomic E-state index is -2.56. The molecule has 2 heterocycles. The number of rotatable bonds is 13. The number of carbonyl (C=O) groups is 1. The Morgan fingerprint density at radius 3 is 2.41 bits per heavy atom. The van der Waals surface area contributed by atoms with Crippen molar-refractivity contribution in [3.63, 3.8) is 0 Å². The fourth-order valence-corrected chi connectivity index (χ4v) is 7.12. The molecule has 1 fully saturated rings. The molecule has 3 unspecified atom stereocenters. The molecule has 2 rings (SSSR count). The normalized spacial score (nSPS) is 22.1. The zero-order valence-electron chi connectivity index (χ0n) is 25.5. The van der Waals surface area contributed by atoms with Crippen molar-refractivity contribution in [3.05, 3.63) is 33.1 Å². The van der Waals surface area contributed by atoms with Crippen LogP contribution in [-0.2, 0) is 23.0 Å². The number of H-pyrrole nitrogens is 1. The van der Waals surface area contributed by atoms with Gasteiger partial charge in [0.1, 0.15) is 12.2 Å². The maximum Gasteiger partial charge on any atom is 0.330 e. The Kier molecular flexibility index (Phi) is 12.5. The molecule has 0 aliphatic carbocycles. The monoisotopic (exact) mass is 609 g/mol. The molecule has 1 saturated heterocycles. The summed E-state index contributed by atoms with van der Waals surface area (Å²) in [4.78, 5) is 40.4. The summed E-state index contributed by atoms with van der Waals surface area (Å²) in [5, 5.41) is 11.5. The van der Waals surface area contributed by atoms with Crippen LogP contribution in [0.25, 0.3) is 0 Å². The van der Waals surface area contributed by atoms with Gasteiger partial charge >= 0.3 is 5.69 Å². The van der Waals surface area contributed by atoms with E-state index in [9.17, 15) is 14.4 Å². The largest absolute Gasteiger partial charge is 0.406 e. The van der Waals surface area contributed by atoms with Crippen LogP contribution in [0.15, 0.2) is 21.9 Å². The van der Waals surface area contributed by atoms with Crippen molar-refractivity contribution in [1.82, 2.24) is 19.5 Å². The minimum Gasteiger partial charge on any atom is -0.406 e. The molecule has 5 atom stereocenters. The van der Waals surface area contributed by atoms with E-state index in [1.165, 1.54) is 16.8 Å². The molecule has 0 bridgehead atoms. The van der Waals surface area contributed by atoms with Gasteiger partial charge in [0.15, 0.2) is 20.6 Å². The molecule has 1 aliphatic heterocycles. The van der Waals surface area contributed by atoms with Crippen molar-refractivity contribution >= 4 is 22.8 Å². The predicted octanol–water partition coefficient (Wildman–Crippen LogP) is 3.23. The topological polar surface area (TPSA) is 148 Å². The molecule has 1 amide bonds. The number of hydrogen-bond acceptors (Lipinski definition) is 9. The van der Waals surface area contributed by atoms with E-state index >= 15 is 0 Å². The molecule has 0 radical (unpaired) electrons. The minimum absolute atomic E-state index is 0.00314. The molecule has 0 aromatic carbocycles. The highest BCUT2D eigenvalue weighted by Gasteiger charge is 2.55. The lowest BCUT2D eigenvalue weighted by Gasteiger charge is -2.42. The van der Waals surface area contributed by atoms with Crippen molar-refractivity contribution in [1.29, 1.82) is 5.26 Å². The van der Waals surface area contributed by atoms with Crippen molar-refractivity contribution in [2.75, 3.05) is 13.2 Å². The van der Waals surface area contributed by atoms with Crippen LogP contribution in [0.3, 0.4) is 0 Å². The van der Waals surface area contributed by atoms with Gasteiger partial charge in [0, 0.05) is 24.3 Å². The Labute approximate surface area is 244 Å². The molecule has 1 aliphatic rings. The first-order valence-electron chi connectivity index (χ1n) is 13.7. The number of aromatic nitrogens is 2. The van der Waals surface area contributed by atoms with Gasteiger partial charge in [-0.2, -0.15) is 5.26 Å². The van der Waals surface area contributed by atoms with E-state index in [1.54, 1.807) is 0 Å². The van der Waals surface area contributed by atoms with E-state index in [2.05, 4.69) is 43.1 Å². The molecule has 41 heavy (non-hydrogen) atoms. The van der Waals surface area contributed by atoms with Gasteiger partial charge in [0.05, 0.1) is 25.6 Å². The third kappa shape index (κ3) is 8.82. The average Bonchev–Trinajstić information content (AvgIpc) is 3.18. The summed E-state index contributed by atoms with van der Waals surface area (Å²) in [5.74, 6) is 1.84. The second-order valence-corrected chi connectivity index (χ2v) is 18.0. The standard InChI is InChI=1S/C27H44N5O7PSi/c1-11-15-29-24(34)22-21(38-40(36-17-12-14-28)32(18(2)3)19(4)5)23(39-41(9,10)27(6,7)8)25(37-22)31-16-13-20(33)30-26(31)35/h1,13,16,18-19,21-23,25H,12,15,17H2,2-10H3,(H,29,34)(H,30,33,35)/t21?,22-,23?,25+,40?/m0/s1. The fraction of sp³-hybridized carbons (Fsp3) is 0.704. The third-order valence-electron chi connectivity index (χ3n) is 7.05. The number of ether oxygens (including phenoxy) is 1. The van der Waals surface area contributed by atoms with Gasteiger partial charge in [-0.15, -0.1) is 6.42 Å².